The van der Waals surface area contributed by atoms with Crippen molar-refractivity contribution in [2.24, 2.45) is 5.10 Å². The van der Waals surface area contributed by atoms with Gasteiger partial charge in [-0.2, -0.15) is 5.10 Å². The maximum atomic E-state index is 13.1. The molecule has 7 nitrogen and oxygen atoms in total. The summed E-state index contributed by atoms with van der Waals surface area (Å²) in [7, 11) is 0. The minimum Gasteiger partial charge on any atom is -0.489 e. The standard InChI is InChI=1S/C25H27N3O4.C2H6/c1-17(2)9-14-22-23(26-16-28(24(22)29)27-18(3)25(30)31)20-10-12-21(13-11-20)32-15-19-7-5-4-6-8-19;1-2/h4-13,26H,14-16H2,1-3H3,(H,30,31);1-2H3/b27-18+;. The number of hydrogen-bond donors (Lipinski definition) is 2. The Morgan fingerprint density at radius 3 is 2.32 bits per heavy atom. The highest BCUT2D eigenvalue weighted by atomic mass is 16.5. The monoisotopic (exact) mass is 463 g/mol. The summed E-state index contributed by atoms with van der Waals surface area (Å²) < 4.78 is 5.85. The van der Waals surface area contributed by atoms with Crippen molar-refractivity contribution in [3.8, 4) is 5.75 Å². The van der Waals surface area contributed by atoms with E-state index in [1.54, 1.807) is 0 Å². The lowest BCUT2D eigenvalue weighted by Gasteiger charge is -2.28. The quantitative estimate of drug-likeness (QED) is 0.414. The summed E-state index contributed by atoms with van der Waals surface area (Å²) in [4.78, 5) is 24.2. The van der Waals surface area contributed by atoms with E-state index in [1.165, 1.54) is 6.92 Å². The molecule has 180 valence electrons. The first-order valence-corrected chi connectivity index (χ1v) is 11.3. The van der Waals surface area contributed by atoms with Crippen LogP contribution in [0.3, 0.4) is 0 Å². The molecule has 7 heteroatoms. The zero-order valence-corrected chi connectivity index (χ0v) is 20.5. The summed E-state index contributed by atoms with van der Waals surface area (Å²) in [6.45, 7) is 9.85. The lowest BCUT2D eigenvalue weighted by molar-refractivity contribution is -0.129. The number of carboxylic acid groups (broad SMARTS) is 1. The molecule has 0 radical (unpaired) electrons. The summed E-state index contributed by atoms with van der Waals surface area (Å²) >= 11 is 0. The molecule has 0 saturated carbocycles. The fourth-order valence-corrected chi connectivity index (χ4v) is 3.13. The maximum Gasteiger partial charge on any atom is 0.351 e. The number of hydrazone groups is 1. The van der Waals surface area contributed by atoms with Crippen LogP contribution in [0.2, 0.25) is 0 Å². The maximum absolute atomic E-state index is 13.1. The van der Waals surface area contributed by atoms with Crippen LogP contribution >= 0.6 is 0 Å². The Balaban J connectivity index is 0.00000199. The largest absolute Gasteiger partial charge is 0.489 e. The first-order chi connectivity index (χ1) is 16.3. The number of hydrogen-bond acceptors (Lipinski definition) is 5. The molecule has 2 aromatic carbocycles. The molecule has 1 aliphatic rings. The minimum atomic E-state index is -1.16. The number of nitrogens with one attached hydrogen (secondary N) is 1. The molecule has 1 heterocycles. The molecule has 0 unspecified atom stereocenters. The van der Waals surface area contributed by atoms with Crippen molar-refractivity contribution < 1.29 is 19.4 Å². The summed E-state index contributed by atoms with van der Waals surface area (Å²) in [5.41, 5.74) is 4.10. The number of carboxylic acids is 1. The number of carbonyl (C=O) groups excluding carboxylic acids is 1. The van der Waals surface area contributed by atoms with E-state index in [2.05, 4.69) is 10.4 Å². The Morgan fingerprint density at radius 1 is 1.09 bits per heavy atom. The summed E-state index contributed by atoms with van der Waals surface area (Å²) in [6, 6.07) is 17.5. The smallest absolute Gasteiger partial charge is 0.351 e. The molecular formula is C27H33N3O4. The lowest BCUT2D eigenvalue weighted by Crippen LogP contribution is -2.42. The molecule has 1 amide bonds. The van der Waals surface area contributed by atoms with Crippen LogP contribution in [0.1, 0.15) is 52.2 Å². The predicted octanol–water partition coefficient (Wildman–Crippen LogP) is 5.21. The first-order valence-electron chi connectivity index (χ1n) is 11.3. The van der Waals surface area contributed by atoms with Gasteiger partial charge in [0.15, 0.2) is 0 Å². The van der Waals surface area contributed by atoms with Crippen LogP contribution in [0, 0.1) is 0 Å². The Bertz CT molecular complexity index is 1070. The highest BCUT2D eigenvalue weighted by Gasteiger charge is 2.27. The van der Waals surface area contributed by atoms with Crippen molar-refractivity contribution in [1.29, 1.82) is 0 Å². The molecule has 3 rings (SSSR count). The molecule has 0 aromatic heterocycles. The van der Waals surface area contributed by atoms with E-state index in [0.29, 0.717) is 24.3 Å². The highest BCUT2D eigenvalue weighted by Crippen LogP contribution is 2.27. The van der Waals surface area contributed by atoms with Crippen LogP contribution in [0.25, 0.3) is 5.70 Å². The molecular weight excluding hydrogens is 430 g/mol. The van der Waals surface area contributed by atoms with Gasteiger partial charge in [0.05, 0.1) is 5.70 Å². The van der Waals surface area contributed by atoms with E-state index in [4.69, 9.17) is 9.84 Å². The molecule has 2 N–H and O–H groups in total. The zero-order chi connectivity index (χ0) is 25.1. The molecule has 1 aliphatic heterocycles. The molecule has 0 fully saturated rings. The molecule has 0 aliphatic carbocycles. The first kappa shape index (κ1) is 26.4. The second kappa shape index (κ2) is 13.0. The van der Waals surface area contributed by atoms with Crippen molar-refractivity contribution in [2.75, 3.05) is 6.67 Å². The van der Waals surface area contributed by atoms with Gasteiger partial charge in [0.25, 0.3) is 5.91 Å². The van der Waals surface area contributed by atoms with E-state index < -0.39 is 5.97 Å². The van der Waals surface area contributed by atoms with Crippen LogP contribution < -0.4 is 10.1 Å². The van der Waals surface area contributed by atoms with Crippen molar-refractivity contribution in [3.05, 3.63) is 82.9 Å². The number of rotatable bonds is 8. The average molecular weight is 464 g/mol. The fraction of sp³-hybridized carbons (Fsp3) is 0.296. The molecule has 34 heavy (non-hydrogen) atoms. The Hall–Kier alpha value is -3.87. The number of benzene rings is 2. The van der Waals surface area contributed by atoms with E-state index >= 15 is 0 Å². The zero-order valence-electron chi connectivity index (χ0n) is 20.5. The van der Waals surface area contributed by atoms with E-state index in [0.717, 1.165) is 27.5 Å². The summed E-state index contributed by atoms with van der Waals surface area (Å²) in [5, 5.41) is 17.4. The summed E-state index contributed by atoms with van der Waals surface area (Å²) in [6.07, 6.45) is 2.37. The third-order valence-electron chi connectivity index (χ3n) is 4.89. The number of carbonyl (C=O) groups is 2. The van der Waals surface area contributed by atoms with Crippen molar-refractivity contribution in [3.63, 3.8) is 0 Å². The predicted molar refractivity (Wildman–Crippen MR) is 135 cm³/mol. The van der Waals surface area contributed by atoms with Gasteiger partial charge in [-0.05, 0) is 62.6 Å². The second-order valence-corrected chi connectivity index (χ2v) is 7.67. The fourth-order valence-electron chi connectivity index (χ4n) is 3.13. The van der Waals surface area contributed by atoms with Gasteiger partial charge in [-0.1, -0.05) is 55.8 Å². The van der Waals surface area contributed by atoms with Crippen LogP contribution in [-0.2, 0) is 16.2 Å². The second-order valence-electron chi connectivity index (χ2n) is 7.67. The van der Waals surface area contributed by atoms with Crippen molar-refractivity contribution in [2.45, 2.75) is 47.6 Å². The number of amides is 1. The van der Waals surface area contributed by atoms with Crippen LogP contribution in [0.5, 0.6) is 5.75 Å². The third-order valence-corrected chi connectivity index (χ3v) is 4.89. The number of allylic oxidation sites excluding steroid dienone is 2. The van der Waals surface area contributed by atoms with Gasteiger partial charge in [0.1, 0.15) is 24.7 Å². The van der Waals surface area contributed by atoms with E-state index in [1.807, 2.05) is 88.4 Å². The van der Waals surface area contributed by atoms with Gasteiger partial charge in [-0.15, -0.1) is 0 Å². The molecule has 0 bridgehead atoms. The molecule has 0 spiro atoms. The summed E-state index contributed by atoms with van der Waals surface area (Å²) in [5.74, 6) is -0.750. The SMILES string of the molecule is CC.CC(C)=CCC1=C(c2ccc(OCc3ccccc3)cc2)NCN(/N=C(\C)C(=O)O)C1=O. The highest BCUT2D eigenvalue weighted by molar-refractivity contribution is 6.34. The molecule has 0 saturated heterocycles. The van der Waals surface area contributed by atoms with Crippen LogP contribution in [0.4, 0.5) is 0 Å². The molecule has 0 atom stereocenters. The molecule has 2 aromatic rings. The van der Waals surface area contributed by atoms with E-state index in [-0.39, 0.29) is 18.3 Å². The average Bonchev–Trinajstić information content (AvgIpc) is 2.85. The Kier molecular flexibility index (Phi) is 10.1. The van der Waals surface area contributed by atoms with E-state index in [9.17, 15) is 9.59 Å². The topological polar surface area (TPSA) is 91.2 Å². The van der Waals surface area contributed by atoms with Gasteiger partial charge < -0.3 is 15.2 Å². The van der Waals surface area contributed by atoms with Gasteiger partial charge in [0, 0.05) is 5.57 Å². The number of ether oxygens (including phenoxy) is 1. The number of aliphatic carboxylic acids is 1. The van der Waals surface area contributed by atoms with Gasteiger partial charge in [-0.25, -0.2) is 9.80 Å². The number of nitrogens with zero attached hydrogens (tertiary/aromatic N) is 2. The Morgan fingerprint density at radius 2 is 1.74 bits per heavy atom. The third kappa shape index (κ3) is 7.33. The Labute approximate surface area is 201 Å². The van der Waals surface area contributed by atoms with Crippen molar-refractivity contribution >= 4 is 23.3 Å². The van der Waals surface area contributed by atoms with Gasteiger partial charge in [-0.3, -0.25) is 4.79 Å². The van der Waals surface area contributed by atoms with Gasteiger partial charge >= 0.3 is 5.97 Å². The normalized spacial score (nSPS) is 13.5. The van der Waals surface area contributed by atoms with Crippen LogP contribution in [0.15, 0.2) is 76.9 Å². The lowest BCUT2D eigenvalue weighted by atomic mass is 10.00. The minimum absolute atomic E-state index is 0.0867. The van der Waals surface area contributed by atoms with Crippen LogP contribution in [-0.4, -0.2) is 34.4 Å². The van der Waals surface area contributed by atoms with Crippen molar-refractivity contribution in [1.82, 2.24) is 10.3 Å². The van der Waals surface area contributed by atoms with Gasteiger partial charge in [0.2, 0.25) is 0 Å².